The highest BCUT2D eigenvalue weighted by atomic mass is 16.5. The van der Waals surface area contributed by atoms with E-state index in [-0.39, 0.29) is 11.7 Å². The predicted octanol–water partition coefficient (Wildman–Crippen LogP) is -2.00. The first-order valence-electron chi connectivity index (χ1n) is 3.53. The summed E-state index contributed by atoms with van der Waals surface area (Å²) in [7, 11) is 0. The number of rotatable bonds is 4. The van der Waals surface area contributed by atoms with E-state index in [1.165, 1.54) is 11.6 Å². The number of carbonyl (C=O) groups is 1. The van der Waals surface area contributed by atoms with E-state index in [1.807, 2.05) is 0 Å². The number of carbonyl (C=O) groups excluding carboxylic acids is 1. The summed E-state index contributed by atoms with van der Waals surface area (Å²) in [6, 6.07) is 0. The topological polar surface area (TPSA) is 140 Å². The molecule has 0 radical (unpaired) electrons. The zero-order valence-corrected chi connectivity index (χ0v) is 7.03. The smallest absolute Gasteiger partial charge is 0.290 e. The van der Waals surface area contributed by atoms with Crippen LogP contribution in [0.3, 0.4) is 0 Å². The van der Waals surface area contributed by atoms with Crippen LogP contribution in [-0.2, 0) is 4.79 Å². The fourth-order valence-corrected chi connectivity index (χ4v) is 0.571. The number of hydrogen-bond acceptors (Lipinski definition) is 4. The van der Waals surface area contributed by atoms with E-state index in [4.69, 9.17) is 22.4 Å². The van der Waals surface area contributed by atoms with E-state index in [2.05, 4.69) is 4.99 Å². The minimum atomic E-state index is -0.746. The SMILES string of the molecule is NC(=CCCN=C(N)N)C(=O)NO. The van der Waals surface area contributed by atoms with Gasteiger partial charge in [-0.3, -0.25) is 15.0 Å². The van der Waals surface area contributed by atoms with Gasteiger partial charge in [-0.25, -0.2) is 5.48 Å². The molecule has 0 aliphatic carbocycles. The van der Waals surface area contributed by atoms with Gasteiger partial charge in [-0.1, -0.05) is 6.08 Å². The molecule has 1 amide bonds. The molecular weight excluding hydrogens is 174 g/mol. The van der Waals surface area contributed by atoms with Crippen LogP contribution in [0.4, 0.5) is 0 Å². The Morgan fingerprint density at radius 3 is 2.54 bits per heavy atom. The summed E-state index contributed by atoms with van der Waals surface area (Å²) in [5, 5.41) is 8.16. The summed E-state index contributed by atoms with van der Waals surface area (Å²) < 4.78 is 0. The standard InChI is InChI=1S/C6H13N5O2/c7-4(5(12)11-13)2-1-3-10-6(8)9/h2,13H,1,3,7H2,(H,11,12)(H4,8,9,10). The molecule has 0 saturated carbocycles. The third-order valence-corrected chi connectivity index (χ3v) is 1.15. The third kappa shape index (κ3) is 5.50. The highest BCUT2D eigenvalue weighted by Crippen LogP contribution is 1.89. The number of guanidine groups is 1. The lowest BCUT2D eigenvalue weighted by Crippen LogP contribution is -2.25. The molecule has 0 rings (SSSR count). The molecule has 0 aromatic rings. The van der Waals surface area contributed by atoms with E-state index in [0.717, 1.165) is 0 Å². The molecule has 0 fully saturated rings. The molecule has 7 nitrogen and oxygen atoms in total. The lowest BCUT2D eigenvalue weighted by molar-refractivity contribution is -0.125. The monoisotopic (exact) mass is 187 g/mol. The van der Waals surface area contributed by atoms with Crippen molar-refractivity contribution in [2.45, 2.75) is 6.42 Å². The van der Waals surface area contributed by atoms with Crippen LogP contribution in [-0.4, -0.2) is 23.6 Å². The molecule has 0 bridgehead atoms. The van der Waals surface area contributed by atoms with E-state index < -0.39 is 5.91 Å². The maximum absolute atomic E-state index is 10.6. The summed E-state index contributed by atoms with van der Waals surface area (Å²) in [4.78, 5) is 14.3. The molecular formula is C6H13N5O2. The second kappa shape index (κ2) is 5.84. The van der Waals surface area contributed by atoms with Gasteiger partial charge in [0.1, 0.15) is 0 Å². The van der Waals surface area contributed by atoms with E-state index >= 15 is 0 Å². The maximum Gasteiger partial charge on any atom is 0.290 e. The lowest BCUT2D eigenvalue weighted by atomic mass is 10.3. The van der Waals surface area contributed by atoms with Crippen molar-refractivity contribution in [2.75, 3.05) is 6.54 Å². The predicted molar refractivity (Wildman–Crippen MR) is 47.5 cm³/mol. The molecule has 13 heavy (non-hydrogen) atoms. The molecule has 0 aromatic carbocycles. The highest BCUT2D eigenvalue weighted by Gasteiger charge is 2.00. The molecule has 0 saturated heterocycles. The zero-order chi connectivity index (χ0) is 10.3. The molecule has 8 N–H and O–H groups in total. The van der Waals surface area contributed by atoms with E-state index in [9.17, 15) is 4.79 Å². The second-order valence-corrected chi connectivity index (χ2v) is 2.20. The van der Waals surface area contributed by atoms with Crippen molar-refractivity contribution < 1.29 is 10.0 Å². The van der Waals surface area contributed by atoms with Crippen LogP contribution in [0, 0.1) is 0 Å². The van der Waals surface area contributed by atoms with Gasteiger partial charge < -0.3 is 17.2 Å². The maximum atomic E-state index is 10.6. The highest BCUT2D eigenvalue weighted by molar-refractivity contribution is 5.91. The molecule has 0 aliphatic heterocycles. The molecule has 0 heterocycles. The van der Waals surface area contributed by atoms with Crippen LogP contribution in [0.5, 0.6) is 0 Å². The van der Waals surface area contributed by atoms with Crippen molar-refractivity contribution in [2.24, 2.45) is 22.2 Å². The quantitative estimate of drug-likeness (QED) is 0.0864. The molecule has 74 valence electrons. The molecule has 0 atom stereocenters. The van der Waals surface area contributed by atoms with Crippen molar-refractivity contribution in [3.8, 4) is 0 Å². The van der Waals surface area contributed by atoms with Gasteiger partial charge in [0, 0.05) is 6.54 Å². The van der Waals surface area contributed by atoms with Gasteiger partial charge in [0.25, 0.3) is 5.91 Å². The van der Waals surface area contributed by atoms with Gasteiger partial charge in [-0.05, 0) is 6.42 Å². The van der Waals surface area contributed by atoms with Crippen LogP contribution >= 0.6 is 0 Å². The Morgan fingerprint density at radius 1 is 1.46 bits per heavy atom. The van der Waals surface area contributed by atoms with Crippen molar-refractivity contribution in [1.29, 1.82) is 0 Å². The first kappa shape index (κ1) is 11.2. The van der Waals surface area contributed by atoms with Crippen LogP contribution < -0.4 is 22.7 Å². The van der Waals surface area contributed by atoms with E-state index in [0.29, 0.717) is 13.0 Å². The van der Waals surface area contributed by atoms with Crippen molar-refractivity contribution in [3.63, 3.8) is 0 Å². The third-order valence-electron chi connectivity index (χ3n) is 1.15. The average molecular weight is 187 g/mol. The Morgan fingerprint density at radius 2 is 2.08 bits per heavy atom. The Bertz CT molecular complexity index is 231. The Balaban J connectivity index is 3.85. The normalized spacial score (nSPS) is 10.7. The zero-order valence-electron chi connectivity index (χ0n) is 7.03. The summed E-state index contributed by atoms with van der Waals surface area (Å²) in [6.07, 6.45) is 1.84. The minimum Gasteiger partial charge on any atom is -0.394 e. The molecule has 0 unspecified atom stereocenters. The van der Waals surface area contributed by atoms with E-state index in [1.54, 1.807) is 0 Å². The number of amides is 1. The number of nitrogens with zero attached hydrogens (tertiary/aromatic N) is 1. The minimum absolute atomic E-state index is 0.0152. The summed E-state index contributed by atoms with van der Waals surface area (Å²) >= 11 is 0. The summed E-state index contributed by atoms with van der Waals surface area (Å²) in [6.45, 7) is 0.349. The largest absolute Gasteiger partial charge is 0.394 e. The van der Waals surface area contributed by atoms with Gasteiger partial charge in [0.05, 0.1) is 5.70 Å². The Labute approximate surface area is 75.2 Å². The van der Waals surface area contributed by atoms with Gasteiger partial charge in [-0.15, -0.1) is 0 Å². The molecule has 0 spiro atoms. The van der Waals surface area contributed by atoms with Crippen molar-refractivity contribution >= 4 is 11.9 Å². The molecule has 0 aromatic heterocycles. The number of nitrogens with one attached hydrogen (secondary N) is 1. The Kier molecular flexibility index (Phi) is 5.05. The number of hydroxylamine groups is 1. The van der Waals surface area contributed by atoms with Gasteiger partial charge in [0.2, 0.25) is 0 Å². The van der Waals surface area contributed by atoms with Crippen molar-refractivity contribution in [3.05, 3.63) is 11.8 Å². The number of aliphatic imine (C=N–C) groups is 1. The Hall–Kier alpha value is -1.76. The van der Waals surface area contributed by atoms with Crippen LogP contribution in [0.2, 0.25) is 0 Å². The number of nitrogens with two attached hydrogens (primary N) is 3. The second-order valence-electron chi connectivity index (χ2n) is 2.20. The molecule has 7 heteroatoms. The van der Waals surface area contributed by atoms with Crippen molar-refractivity contribution in [1.82, 2.24) is 5.48 Å². The van der Waals surface area contributed by atoms with Gasteiger partial charge in [0.15, 0.2) is 5.96 Å². The first-order chi connectivity index (χ1) is 6.07. The fourth-order valence-electron chi connectivity index (χ4n) is 0.571. The fraction of sp³-hybridized carbons (Fsp3) is 0.333. The van der Waals surface area contributed by atoms with Gasteiger partial charge in [-0.2, -0.15) is 0 Å². The first-order valence-corrected chi connectivity index (χ1v) is 3.53. The van der Waals surface area contributed by atoms with Crippen LogP contribution in [0.25, 0.3) is 0 Å². The van der Waals surface area contributed by atoms with Crippen LogP contribution in [0.1, 0.15) is 6.42 Å². The summed E-state index contributed by atoms with van der Waals surface area (Å²) in [5.74, 6) is -0.761. The average Bonchev–Trinajstić information content (AvgIpc) is 2.10. The molecule has 0 aliphatic rings. The summed E-state index contributed by atoms with van der Waals surface area (Å²) in [5.41, 5.74) is 16.6. The van der Waals surface area contributed by atoms with Crippen LogP contribution in [0.15, 0.2) is 16.8 Å². The lowest BCUT2D eigenvalue weighted by Gasteiger charge is -1.97. The number of hydrogen-bond donors (Lipinski definition) is 5. The van der Waals surface area contributed by atoms with Gasteiger partial charge >= 0.3 is 0 Å².